The minimum Gasteiger partial charge on any atom is -0.377 e. The number of nitrogens with one attached hydrogen (secondary N) is 2. The van der Waals surface area contributed by atoms with Crippen LogP contribution in [0.15, 0.2) is 47.4 Å². The van der Waals surface area contributed by atoms with Crippen LogP contribution in [0, 0.1) is 12.7 Å². The van der Waals surface area contributed by atoms with Crippen molar-refractivity contribution in [3.63, 3.8) is 0 Å². The van der Waals surface area contributed by atoms with Crippen molar-refractivity contribution in [3.05, 3.63) is 59.4 Å². The maximum Gasteiger partial charge on any atom is 0.255 e. The van der Waals surface area contributed by atoms with Crippen LogP contribution in [0.2, 0.25) is 0 Å². The average Bonchev–Trinajstić information content (AvgIpc) is 3.16. The predicted octanol–water partition coefficient (Wildman–Crippen LogP) is 2.84. The maximum absolute atomic E-state index is 13.8. The molecule has 1 aliphatic rings. The molecule has 2 aromatic carbocycles. The molecular formula is C19H21FN2O4S. The first-order valence-electron chi connectivity index (χ1n) is 8.64. The number of carbonyl (C=O) groups is 1. The summed E-state index contributed by atoms with van der Waals surface area (Å²) >= 11 is 0. The zero-order chi connectivity index (χ0) is 19.4. The van der Waals surface area contributed by atoms with E-state index in [0.29, 0.717) is 6.61 Å². The third-order valence-corrected chi connectivity index (χ3v) is 5.76. The van der Waals surface area contributed by atoms with Gasteiger partial charge in [-0.1, -0.05) is 6.07 Å². The molecule has 2 aromatic rings. The fourth-order valence-corrected chi connectivity index (χ4v) is 3.86. The van der Waals surface area contributed by atoms with E-state index in [9.17, 15) is 17.6 Å². The molecule has 8 heteroatoms. The van der Waals surface area contributed by atoms with Gasteiger partial charge in [-0.2, -0.15) is 0 Å². The molecular weight excluding hydrogens is 371 g/mol. The molecule has 0 spiro atoms. The Hall–Kier alpha value is -2.29. The number of anilines is 1. The average molecular weight is 392 g/mol. The van der Waals surface area contributed by atoms with Gasteiger partial charge in [-0.3, -0.25) is 4.79 Å². The van der Waals surface area contributed by atoms with Crippen LogP contribution in [0.3, 0.4) is 0 Å². The second kappa shape index (κ2) is 8.16. The number of halogens is 1. The van der Waals surface area contributed by atoms with Gasteiger partial charge in [0, 0.05) is 18.7 Å². The van der Waals surface area contributed by atoms with Crippen molar-refractivity contribution < 1.29 is 22.3 Å². The van der Waals surface area contributed by atoms with Crippen LogP contribution >= 0.6 is 0 Å². The number of hydrogen-bond acceptors (Lipinski definition) is 4. The van der Waals surface area contributed by atoms with Gasteiger partial charge in [0.15, 0.2) is 0 Å². The summed E-state index contributed by atoms with van der Waals surface area (Å²) in [5, 5.41) is 2.48. The van der Waals surface area contributed by atoms with Gasteiger partial charge >= 0.3 is 0 Å². The van der Waals surface area contributed by atoms with Gasteiger partial charge < -0.3 is 10.1 Å². The van der Waals surface area contributed by atoms with Gasteiger partial charge in [-0.05, 0) is 61.7 Å². The van der Waals surface area contributed by atoms with Crippen LogP contribution in [-0.2, 0) is 14.8 Å². The Balaban J connectivity index is 1.65. The molecule has 27 heavy (non-hydrogen) atoms. The summed E-state index contributed by atoms with van der Waals surface area (Å²) in [6.45, 7) is 2.62. The Morgan fingerprint density at radius 2 is 1.96 bits per heavy atom. The van der Waals surface area contributed by atoms with E-state index >= 15 is 0 Å². The fraction of sp³-hybridized carbons (Fsp3) is 0.316. The second-order valence-corrected chi connectivity index (χ2v) is 8.22. The molecule has 3 rings (SSSR count). The third kappa shape index (κ3) is 4.91. The predicted molar refractivity (Wildman–Crippen MR) is 99.7 cm³/mol. The van der Waals surface area contributed by atoms with E-state index in [4.69, 9.17) is 4.74 Å². The van der Waals surface area contributed by atoms with Crippen molar-refractivity contribution in [2.75, 3.05) is 18.5 Å². The number of rotatable bonds is 6. The lowest BCUT2D eigenvalue weighted by Crippen LogP contribution is -2.31. The summed E-state index contributed by atoms with van der Waals surface area (Å²) in [7, 11) is -3.68. The van der Waals surface area contributed by atoms with Crippen molar-refractivity contribution in [3.8, 4) is 0 Å². The Bertz CT molecular complexity index is 923. The molecule has 144 valence electrons. The molecule has 0 aliphatic carbocycles. The SMILES string of the molecule is Cc1ccc(NC(=O)c2ccc(S(=O)(=O)NCC3CCCO3)cc2)c(F)c1. The smallest absolute Gasteiger partial charge is 0.255 e. The molecule has 0 radical (unpaired) electrons. The molecule has 1 fully saturated rings. The van der Waals surface area contributed by atoms with E-state index in [0.717, 1.165) is 18.4 Å². The minimum atomic E-state index is -3.68. The van der Waals surface area contributed by atoms with Crippen LogP contribution in [0.25, 0.3) is 0 Å². The van der Waals surface area contributed by atoms with Gasteiger partial charge in [0.25, 0.3) is 5.91 Å². The van der Waals surface area contributed by atoms with Crippen molar-refractivity contribution in [1.29, 1.82) is 0 Å². The van der Waals surface area contributed by atoms with E-state index in [1.165, 1.54) is 36.4 Å². The Kier molecular flexibility index (Phi) is 5.88. The minimum absolute atomic E-state index is 0.0542. The van der Waals surface area contributed by atoms with Gasteiger partial charge in [0.2, 0.25) is 10.0 Å². The zero-order valence-electron chi connectivity index (χ0n) is 14.9. The normalized spacial score (nSPS) is 17.0. The third-order valence-electron chi connectivity index (χ3n) is 4.32. The zero-order valence-corrected chi connectivity index (χ0v) is 15.7. The second-order valence-electron chi connectivity index (χ2n) is 6.45. The topological polar surface area (TPSA) is 84.5 Å². The van der Waals surface area contributed by atoms with Crippen molar-refractivity contribution >= 4 is 21.6 Å². The number of hydrogen-bond donors (Lipinski definition) is 2. The van der Waals surface area contributed by atoms with Crippen LogP contribution in [0.4, 0.5) is 10.1 Å². The first-order chi connectivity index (χ1) is 12.8. The molecule has 1 saturated heterocycles. The van der Waals surface area contributed by atoms with Crippen molar-refractivity contribution in [2.24, 2.45) is 0 Å². The number of benzene rings is 2. The summed E-state index contributed by atoms with van der Waals surface area (Å²) in [6.07, 6.45) is 1.66. The fourth-order valence-electron chi connectivity index (χ4n) is 2.79. The van der Waals surface area contributed by atoms with Gasteiger partial charge in [-0.15, -0.1) is 0 Å². The van der Waals surface area contributed by atoms with Gasteiger partial charge in [0.1, 0.15) is 5.82 Å². The lowest BCUT2D eigenvalue weighted by Gasteiger charge is -2.12. The monoisotopic (exact) mass is 392 g/mol. The first-order valence-corrected chi connectivity index (χ1v) is 10.1. The highest BCUT2D eigenvalue weighted by molar-refractivity contribution is 7.89. The standard InChI is InChI=1S/C19H21FN2O4S/c1-13-4-9-18(17(20)11-13)22-19(23)14-5-7-16(8-6-14)27(24,25)21-12-15-3-2-10-26-15/h4-9,11,15,21H,2-3,10,12H2,1H3,(H,22,23). The van der Waals surface area contributed by atoms with E-state index in [1.54, 1.807) is 13.0 Å². The number of aryl methyl sites for hydroxylation is 1. The summed E-state index contributed by atoms with van der Waals surface area (Å²) in [5.74, 6) is -1.05. The number of sulfonamides is 1. The Labute approximate surface area is 157 Å². The summed E-state index contributed by atoms with van der Waals surface area (Å²) < 4.78 is 46.4. The van der Waals surface area contributed by atoms with E-state index in [2.05, 4.69) is 10.0 Å². The number of amides is 1. The van der Waals surface area contributed by atoms with E-state index < -0.39 is 21.7 Å². The summed E-state index contributed by atoms with van der Waals surface area (Å²) in [6, 6.07) is 9.97. The molecule has 2 N–H and O–H groups in total. The lowest BCUT2D eigenvalue weighted by molar-refractivity contribution is 0.102. The molecule has 0 aromatic heterocycles. The first kappa shape index (κ1) is 19.5. The van der Waals surface area contributed by atoms with Crippen molar-refractivity contribution in [1.82, 2.24) is 4.72 Å². The van der Waals surface area contributed by atoms with E-state index in [1.807, 2.05) is 0 Å². The highest BCUT2D eigenvalue weighted by Crippen LogP contribution is 2.18. The lowest BCUT2D eigenvalue weighted by atomic mass is 10.2. The van der Waals surface area contributed by atoms with E-state index in [-0.39, 0.29) is 28.8 Å². The Morgan fingerprint density at radius 1 is 1.22 bits per heavy atom. The quantitative estimate of drug-likeness (QED) is 0.792. The Morgan fingerprint density at radius 3 is 2.59 bits per heavy atom. The molecule has 1 atom stereocenters. The highest BCUT2D eigenvalue weighted by atomic mass is 32.2. The molecule has 0 saturated carbocycles. The number of ether oxygens (including phenoxy) is 1. The molecule has 0 bridgehead atoms. The van der Waals surface area contributed by atoms with Crippen LogP contribution in [-0.4, -0.2) is 33.6 Å². The van der Waals surface area contributed by atoms with Crippen LogP contribution < -0.4 is 10.0 Å². The largest absolute Gasteiger partial charge is 0.377 e. The maximum atomic E-state index is 13.8. The molecule has 1 unspecified atom stereocenters. The molecule has 1 heterocycles. The molecule has 1 amide bonds. The van der Waals surface area contributed by atoms with Crippen LogP contribution in [0.1, 0.15) is 28.8 Å². The van der Waals surface area contributed by atoms with Crippen LogP contribution in [0.5, 0.6) is 0 Å². The van der Waals surface area contributed by atoms with Crippen molar-refractivity contribution in [2.45, 2.75) is 30.8 Å². The summed E-state index contributed by atoms with van der Waals surface area (Å²) in [5.41, 5.74) is 1.05. The van der Waals surface area contributed by atoms with Gasteiger partial charge in [-0.25, -0.2) is 17.5 Å². The highest BCUT2D eigenvalue weighted by Gasteiger charge is 2.20. The van der Waals surface area contributed by atoms with Gasteiger partial charge in [0.05, 0.1) is 16.7 Å². The molecule has 6 nitrogen and oxygen atoms in total. The number of carbonyl (C=O) groups excluding carboxylic acids is 1. The summed E-state index contributed by atoms with van der Waals surface area (Å²) in [4.78, 5) is 12.3. The molecule has 1 aliphatic heterocycles.